The molecule has 31 heavy (non-hydrogen) atoms. The Morgan fingerprint density at radius 1 is 1.13 bits per heavy atom. The van der Waals surface area contributed by atoms with Gasteiger partial charge in [-0.15, -0.1) is 0 Å². The predicted octanol–water partition coefficient (Wildman–Crippen LogP) is 4.20. The fourth-order valence-electron chi connectivity index (χ4n) is 3.52. The average Bonchev–Trinajstić information content (AvgIpc) is 2.96. The molecule has 8 heteroatoms. The van der Waals surface area contributed by atoms with Crippen molar-refractivity contribution >= 4 is 33.8 Å². The molecule has 1 heterocycles. The van der Waals surface area contributed by atoms with E-state index in [1.807, 2.05) is 39.0 Å². The van der Waals surface area contributed by atoms with Gasteiger partial charge >= 0.3 is 6.03 Å². The summed E-state index contributed by atoms with van der Waals surface area (Å²) in [6.07, 6.45) is 0.461. The van der Waals surface area contributed by atoms with Crippen LogP contribution in [0.1, 0.15) is 58.2 Å². The summed E-state index contributed by atoms with van der Waals surface area (Å²) < 4.78 is 6.41. The highest BCUT2D eigenvalue weighted by Gasteiger charge is 2.35. The summed E-state index contributed by atoms with van der Waals surface area (Å²) in [4.78, 5) is 38.4. The molecule has 7 nitrogen and oxygen atoms in total. The molecule has 1 aliphatic heterocycles. The smallest absolute Gasteiger partial charge is 0.315 e. The lowest BCUT2D eigenvalue weighted by molar-refractivity contribution is 0.0653. The van der Waals surface area contributed by atoms with Gasteiger partial charge in [0.05, 0.1) is 23.8 Å². The molecule has 0 bridgehead atoms. The lowest BCUT2D eigenvalue weighted by atomic mass is 10.0. The van der Waals surface area contributed by atoms with Crippen molar-refractivity contribution in [2.45, 2.75) is 33.2 Å². The van der Waals surface area contributed by atoms with Crippen LogP contribution in [0.15, 0.2) is 40.9 Å². The zero-order chi connectivity index (χ0) is 22.5. The van der Waals surface area contributed by atoms with E-state index in [4.69, 9.17) is 4.74 Å². The summed E-state index contributed by atoms with van der Waals surface area (Å²) >= 11 is 3.32. The summed E-state index contributed by atoms with van der Waals surface area (Å²) in [5, 5.41) is 5.69. The van der Waals surface area contributed by atoms with Crippen LogP contribution in [-0.2, 0) is 0 Å². The first kappa shape index (κ1) is 22.8. The SMILES string of the molecule is CCOc1ccc(C)cc1C(C)NC(=O)NCCCN1C(=O)c2ccc(Br)cc2C1=O. The lowest BCUT2D eigenvalue weighted by Gasteiger charge is -2.19. The molecule has 0 aliphatic carbocycles. The molecule has 0 saturated heterocycles. The molecule has 0 radical (unpaired) electrons. The van der Waals surface area contributed by atoms with E-state index in [-0.39, 0.29) is 30.4 Å². The number of fused-ring (bicyclic) bond motifs is 1. The number of nitrogens with one attached hydrogen (secondary N) is 2. The normalized spacial score (nSPS) is 13.7. The maximum atomic E-state index is 12.5. The number of nitrogens with zero attached hydrogens (tertiary/aromatic N) is 1. The fraction of sp³-hybridized carbons (Fsp3) is 0.348. The van der Waals surface area contributed by atoms with Crippen LogP contribution in [0.2, 0.25) is 0 Å². The van der Waals surface area contributed by atoms with Crippen LogP contribution in [0.25, 0.3) is 0 Å². The minimum Gasteiger partial charge on any atom is -0.494 e. The number of aryl methyl sites for hydroxylation is 1. The molecule has 4 amide bonds. The first-order chi connectivity index (χ1) is 14.8. The van der Waals surface area contributed by atoms with E-state index in [1.54, 1.807) is 18.2 Å². The number of hydrogen-bond donors (Lipinski definition) is 2. The number of hydrogen-bond acceptors (Lipinski definition) is 4. The zero-order valence-electron chi connectivity index (χ0n) is 17.8. The van der Waals surface area contributed by atoms with Gasteiger partial charge in [-0.3, -0.25) is 14.5 Å². The van der Waals surface area contributed by atoms with Gasteiger partial charge in [0.25, 0.3) is 11.8 Å². The molecule has 0 fully saturated rings. The number of benzene rings is 2. The third kappa shape index (κ3) is 5.25. The van der Waals surface area contributed by atoms with Crippen LogP contribution in [-0.4, -0.2) is 42.4 Å². The van der Waals surface area contributed by atoms with Crippen molar-refractivity contribution in [2.24, 2.45) is 0 Å². The van der Waals surface area contributed by atoms with Crippen molar-refractivity contribution in [2.75, 3.05) is 19.7 Å². The second-order valence-corrected chi connectivity index (χ2v) is 8.32. The molecule has 164 valence electrons. The molecule has 1 unspecified atom stereocenters. The first-order valence-corrected chi connectivity index (χ1v) is 11.0. The van der Waals surface area contributed by atoms with Gasteiger partial charge in [-0.1, -0.05) is 33.6 Å². The number of ether oxygens (including phenoxy) is 1. The molecular weight excluding hydrogens is 462 g/mol. The van der Waals surface area contributed by atoms with Crippen LogP contribution < -0.4 is 15.4 Å². The fourth-order valence-corrected chi connectivity index (χ4v) is 3.88. The number of carbonyl (C=O) groups is 3. The quantitative estimate of drug-likeness (QED) is 0.431. The average molecular weight is 488 g/mol. The number of halogens is 1. The summed E-state index contributed by atoms with van der Waals surface area (Å²) in [5.74, 6) is 0.147. The Balaban J connectivity index is 1.49. The van der Waals surface area contributed by atoms with Crippen LogP contribution in [0.5, 0.6) is 5.75 Å². The second kappa shape index (κ2) is 9.96. The van der Waals surface area contributed by atoms with Crippen LogP contribution >= 0.6 is 15.9 Å². The van der Waals surface area contributed by atoms with Gasteiger partial charge in [0, 0.05) is 23.1 Å². The molecule has 2 aromatic carbocycles. The standard InChI is InChI=1S/C23H26BrN3O4/c1-4-31-20-9-6-14(2)12-18(20)15(3)26-23(30)25-10-5-11-27-21(28)17-8-7-16(24)13-19(17)22(27)29/h6-9,12-13,15H,4-5,10-11H2,1-3H3,(H2,25,26,30). The van der Waals surface area contributed by atoms with Gasteiger partial charge in [-0.2, -0.15) is 0 Å². The summed E-state index contributed by atoms with van der Waals surface area (Å²) in [6, 6.07) is 10.4. The van der Waals surface area contributed by atoms with E-state index < -0.39 is 0 Å². The summed E-state index contributed by atoms with van der Waals surface area (Å²) in [5.41, 5.74) is 2.81. The number of carbonyl (C=O) groups excluding carboxylic acids is 3. The Bertz CT molecular complexity index is 1010. The minimum absolute atomic E-state index is 0.240. The van der Waals surface area contributed by atoms with E-state index in [0.717, 1.165) is 21.3 Å². The van der Waals surface area contributed by atoms with Crippen LogP contribution in [0, 0.1) is 6.92 Å². The van der Waals surface area contributed by atoms with Crippen molar-refractivity contribution < 1.29 is 19.1 Å². The third-order valence-electron chi connectivity index (χ3n) is 5.06. The molecular formula is C23H26BrN3O4. The zero-order valence-corrected chi connectivity index (χ0v) is 19.4. The van der Waals surface area contributed by atoms with Crippen molar-refractivity contribution in [3.05, 3.63) is 63.1 Å². The van der Waals surface area contributed by atoms with Gasteiger partial charge in [0.1, 0.15) is 5.75 Å². The lowest BCUT2D eigenvalue weighted by Crippen LogP contribution is -2.39. The van der Waals surface area contributed by atoms with E-state index in [9.17, 15) is 14.4 Å². The molecule has 3 rings (SSSR count). The van der Waals surface area contributed by atoms with E-state index in [0.29, 0.717) is 30.7 Å². The topological polar surface area (TPSA) is 87.7 Å². The molecule has 0 saturated carbocycles. The third-order valence-corrected chi connectivity index (χ3v) is 5.55. The van der Waals surface area contributed by atoms with Crippen LogP contribution in [0.4, 0.5) is 4.79 Å². The Hall–Kier alpha value is -2.87. The maximum absolute atomic E-state index is 12.5. The highest BCUT2D eigenvalue weighted by Crippen LogP contribution is 2.27. The van der Waals surface area contributed by atoms with Crippen molar-refractivity contribution in [1.82, 2.24) is 15.5 Å². The minimum atomic E-state index is -0.317. The van der Waals surface area contributed by atoms with Crippen molar-refractivity contribution in [1.29, 1.82) is 0 Å². The molecule has 0 spiro atoms. The Morgan fingerprint density at radius 2 is 1.87 bits per heavy atom. The summed E-state index contributed by atoms with van der Waals surface area (Å²) in [6.45, 7) is 6.93. The van der Waals surface area contributed by atoms with E-state index >= 15 is 0 Å². The van der Waals surface area contributed by atoms with Crippen LogP contribution in [0.3, 0.4) is 0 Å². The van der Waals surface area contributed by atoms with Crippen molar-refractivity contribution in [3.8, 4) is 5.75 Å². The largest absolute Gasteiger partial charge is 0.494 e. The van der Waals surface area contributed by atoms with E-state index in [2.05, 4.69) is 26.6 Å². The first-order valence-electron chi connectivity index (χ1n) is 10.2. The molecule has 1 aliphatic rings. The number of imide groups is 1. The Morgan fingerprint density at radius 3 is 2.61 bits per heavy atom. The van der Waals surface area contributed by atoms with Gasteiger partial charge in [-0.25, -0.2) is 4.79 Å². The highest BCUT2D eigenvalue weighted by molar-refractivity contribution is 9.10. The predicted molar refractivity (Wildman–Crippen MR) is 121 cm³/mol. The molecule has 2 aromatic rings. The Labute approximate surface area is 190 Å². The highest BCUT2D eigenvalue weighted by atomic mass is 79.9. The van der Waals surface area contributed by atoms with E-state index in [1.165, 1.54) is 4.90 Å². The maximum Gasteiger partial charge on any atom is 0.315 e. The monoisotopic (exact) mass is 487 g/mol. The van der Waals surface area contributed by atoms with Gasteiger partial charge in [0.15, 0.2) is 0 Å². The second-order valence-electron chi connectivity index (χ2n) is 7.40. The van der Waals surface area contributed by atoms with Gasteiger partial charge < -0.3 is 15.4 Å². The number of urea groups is 1. The molecule has 1 atom stereocenters. The number of amides is 4. The van der Waals surface area contributed by atoms with Crippen molar-refractivity contribution in [3.63, 3.8) is 0 Å². The summed E-state index contributed by atoms with van der Waals surface area (Å²) in [7, 11) is 0. The Kier molecular flexibility index (Phi) is 7.33. The molecule has 0 aromatic heterocycles. The van der Waals surface area contributed by atoms with Gasteiger partial charge in [0.2, 0.25) is 0 Å². The van der Waals surface area contributed by atoms with Gasteiger partial charge in [-0.05, 0) is 51.5 Å². The molecule has 2 N–H and O–H groups in total. The number of rotatable bonds is 8.